The first-order valence-electron chi connectivity index (χ1n) is 17.6. The van der Waals surface area contributed by atoms with Crippen molar-refractivity contribution in [2.75, 3.05) is 18.4 Å². The third kappa shape index (κ3) is 7.90. The van der Waals surface area contributed by atoms with E-state index in [9.17, 15) is 19.8 Å². The Labute approximate surface area is 294 Å². The predicted octanol–water partition coefficient (Wildman–Crippen LogP) is 8.79. The van der Waals surface area contributed by atoms with Crippen molar-refractivity contribution in [3.05, 3.63) is 135 Å². The fraction of sp³-hybridized carbons (Fsp3) is 0.381. The van der Waals surface area contributed by atoms with E-state index >= 15 is 0 Å². The molecule has 1 aromatic heterocycles. The normalized spacial score (nSPS) is 24.0. The molecular formula is C42H48N2O4S. The summed E-state index contributed by atoms with van der Waals surface area (Å²) in [6, 6.07) is 28.8. The Bertz CT molecular complexity index is 1760. The number of nitrogens with one attached hydrogen (secondary N) is 1. The van der Waals surface area contributed by atoms with Crippen LogP contribution in [0.4, 0.5) is 10.5 Å². The summed E-state index contributed by atoms with van der Waals surface area (Å²) in [6.45, 7) is 4.93. The molecule has 3 aromatic carbocycles. The van der Waals surface area contributed by atoms with Gasteiger partial charge in [0.15, 0.2) is 5.78 Å². The van der Waals surface area contributed by atoms with E-state index in [2.05, 4.69) is 37.4 Å². The standard InChI is InChI=1S/C42H48N2O4S/c1-30-11-9-23-41(2)38(36-20-18-31(27-34(45)19-17-30)28-37(36)39(46)32-12-5-3-6-13-32)21-24-42(41,48)29-44(25-22-35-16-10-26-49-35)40(47)43-33-14-7-4-8-15-33/h3-8,10-16,18,20,26,28,34,38,45,48H,9,17,19,21-25,27,29H2,1-2H3,(H,43,47). The van der Waals surface area contributed by atoms with Crippen molar-refractivity contribution in [3.63, 3.8) is 0 Å². The molecule has 2 bridgehead atoms. The number of rotatable bonds is 8. The minimum absolute atomic E-state index is 0.0487. The molecule has 0 aliphatic heterocycles. The second-order valence-corrected chi connectivity index (χ2v) is 15.2. The van der Waals surface area contributed by atoms with Gasteiger partial charge in [0.05, 0.1) is 18.2 Å². The molecule has 49 heavy (non-hydrogen) atoms. The molecule has 0 spiro atoms. The second-order valence-electron chi connectivity index (χ2n) is 14.2. The number of nitrogens with zero attached hydrogens (tertiary/aromatic N) is 1. The number of fused-ring (bicyclic) bond motifs is 8. The zero-order chi connectivity index (χ0) is 34.4. The zero-order valence-corrected chi connectivity index (χ0v) is 29.4. The Hall–Kier alpha value is -4.04. The van der Waals surface area contributed by atoms with Gasteiger partial charge in [-0.05, 0) is 105 Å². The molecule has 2 amide bonds. The largest absolute Gasteiger partial charge is 0.393 e. The number of ketones is 1. The third-order valence-corrected chi connectivity index (χ3v) is 11.9. The lowest BCUT2D eigenvalue weighted by Gasteiger charge is -2.46. The first-order valence-corrected chi connectivity index (χ1v) is 18.5. The number of aliphatic hydroxyl groups is 2. The van der Waals surface area contributed by atoms with E-state index in [0.29, 0.717) is 61.9 Å². The zero-order valence-electron chi connectivity index (χ0n) is 28.6. The molecule has 1 heterocycles. The highest BCUT2D eigenvalue weighted by atomic mass is 32.1. The van der Waals surface area contributed by atoms with Gasteiger partial charge in [-0.3, -0.25) is 4.79 Å². The van der Waals surface area contributed by atoms with Gasteiger partial charge in [-0.1, -0.05) is 85.3 Å². The van der Waals surface area contributed by atoms with Crippen molar-refractivity contribution in [3.8, 4) is 0 Å². The Morgan fingerprint density at radius 3 is 2.45 bits per heavy atom. The predicted molar refractivity (Wildman–Crippen MR) is 198 cm³/mol. The summed E-state index contributed by atoms with van der Waals surface area (Å²) in [5, 5.41) is 29.0. The van der Waals surface area contributed by atoms with E-state index in [1.807, 2.05) is 84.2 Å². The van der Waals surface area contributed by atoms with Crippen molar-refractivity contribution in [1.29, 1.82) is 0 Å². The average molecular weight is 677 g/mol. The number of aliphatic hydroxyl groups excluding tert-OH is 1. The fourth-order valence-corrected chi connectivity index (χ4v) is 8.63. The molecule has 4 aromatic rings. The van der Waals surface area contributed by atoms with Gasteiger partial charge in [0.25, 0.3) is 0 Å². The lowest BCUT2D eigenvalue weighted by Crippen LogP contribution is -2.54. The summed E-state index contributed by atoms with van der Waals surface area (Å²) in [7, 11) is 0. The molecule has 0 saturated heterocycles. The number of allylic oxidation sites excluding steroid dienone is 2. The monoisotopic (exact) mass is 676 g/mol. The number of urea groups is 1. The molecule has 3 aliphatic carbocycles. The van der Waals surface area contributed by atoms with Gasteiger partial charge in [0.1, 0.15) is 0 Å². The van der Waals surface area contributed by atoms with Crippen LogP contribution in [0.15, 0.2) is 108 Å². The molecule has 6 nitrogen and oxygen atoms in total. The number of hydrogen-bond donors (Lipinski definition) is 3. The maximum Gasteiger partial charge on any atom is 0.321 e. The van der Waals surface area contributed by atoms with Gasteiger partial charge in [-0.15, -0.1) is 11.3 Å². The summed E-state index contributed by atoms with van der Waals surface area (Å²) in [4.78, 5) is 31.1. The van der Waals surface area contributed by atoms with Crippen molar-refractivity contribution in [2.45, 2.75) is 82.8 Å². The highest BCUT2D eigenvalue weighted by Crippen LogP contribution is 2.59. The summed E-state index contributed by atoms with van der Waals surface area (Å²) in [5.74, 6) is -0.167. The SMILES string of the molecule is CC1=CCCC2(C)C(CCC2(O)CN(CCc2cccs2)C(=O)Nc2ccccc2)c2ccc(cc2C(=O)c2ccccc2)CC(O)CC1. The van der Waals surface area contributed by atoms with Crippen LogP contribution in [0, 0.1) is 5.41 Å². The van der Waals surface area contributed by atoms with E-state index in [-0.39, 0.29) is 24.3 Å². The van der Waals surface area contributed by atoms with Gasteiger partial charge in [-0.2, -0.15) is 0 Å². The molecule has 0 radical (unpaired) electrons. The molecule has 3 N–H and O–H groups in total. The van der Waals surface area contributed by atoms with E-state index in [0.717, 1.165) is 24.0 Å². The molecule has 7 rings (SSSR count). The smallest absolute Gasteiger partial charge is 0.321 e. The Morgan fingerprint density at radius 1 is 0.959 bits per heavy atom. The highest BCUT2D eigenvalue weighted by molar-refractivity contribution is 7.09. The second kappa shape index (κ2) is 15.2. The number of amides is 2. The topological polar surface area (TPSA) is 89.9 Å². The van der Waals surface area contributed by atoms with Gasteiger partial charge in [-0.25, -0.2) is 4.79 Å². The van der Waals surface area contributed by atoms with Crippen LogP contribution >= 0.6 is 11.3 Å². The number of thiophene rings is 1. The summed E-state index contributed by atoms with van der Waals surface area (Å²) >= 11 is 1.67. The molecule has 1 saturated carbocycles. The van der Waals surface area contributed by atoms with Gasteiger partial charge < -0.3 is 20.4 Å². The van der Waals surface area contributed by atoms with Gasteiger partial charge in [0, 0.05) is 33.7 Å². The van der Waals surface area contributed by atoms with E-state index in [1.165, 1.54) is 10.5 Å². The number of anilines is 1. The van der Waals surface area contributed by atoms with Gasteiger partial charge in [0.2, 0.25) is 0 Å². The number of carbonyl (C=O) groups excluding carboxylic acids is 2. The van der Waals surface area contributed by atoms with Crippen molar-refractivity contribution < 1.29 is 19.8 Å². The Kier molecular flexibility index (Phi) is 10.8. The Morgan fingerprint density at radius 2 is 1.71 bits per heavy atom. The lowest BCUT2D eigenvalue weighted by atomic mass is 9.64. The number of carbonyl (C=O) groups is 2. The van der Waals surface area contributed by atoms with Crippen molar-refractivity contribution >= 4 is 28.8 Å². The average Bonchev–Trinajstić information content (AvgIpc) is 3.72. The molecule has 4 unspecified atom stereocenters. The molecule has 256 valence electrons. The van der Waals surface area contributed by atoms with Crippen LogP contribution in [-0.4, -0.2) is 51.7 Å². The molecule has 1 fully saturated rings. The quantitative estimate of drug-likeness (QED) is 0.129. The molecular weight excluding hydrogens is 629 g/mol. The van der Waals surface area contributed by atoms with Crippen molar-refractivity contribution in [1.82, 2.24) is 4.90 Å². The highest BCUT2D eigenvalue weighted by Gasteiger charge is 2.57. The number of benzene rings is 3. The molecule has 3 aliphatic rings. The van der Waals surface area contributed by atoms with Crippen LogP contribution in [0.3, 0.4) is 0 Å². The molecule has 7 heteroatoms. The first-order chi connectivity index (χ1) is 23.6. The summed E-state index contributed by atoms with van der Waals surface area (Å²) in [5.41, 5.74) is 3.21. The summed E-state index contributed by atoms with van der Waals surface area (Å²) < 4.78 is 0. The van der Waals surface area contributed by atoms with E-state index in [1.54, 1.807) is 16.2 Å². The van der Waals surface area contributed by atoms with Crippen LogP contribution in [-0.2, 0) is 12.8 Å². The summed E-state index contributed by atoms with van der Waals surface area (Å²) in [6.07, 6.45) is 6.98. The van der Waals surface area contributed by atoms with Gasteiger partial charge >= 0.3 is 6.03 Å². The number of hydrogen-bond acceptors (Lipinski definition) is 5. The van der Waals surface area contributed by atoms with Crippen LogP contribution in [0.1, 0.15) is 90.2 Å². The van der Waals surface area contributed by atoms with Crippen molar-refractivity contribution in [2.24, 2.45) is 5.41 Å². The third-order valence-electron chi connectivity index (χ3n) is 10.9. The van der Waals surface area contributed by atoms with E-state index < -0.39 is 17.1 Å². The minimum atomic E-state index is -1.21. The van der Waals surface area contributed by atoms with Crippen LogP contribution in [0.5, 0.6) is 0 Å². The maximum absolute atomic E-state index is 14.2. The fourth-order valence-electron chi connectivity index (χ4n) is 7.93. The van der Waals surface area contributed by atoms with Crippen LogP contribution in [0.2, 0.25) is 0 Å². The maximum atomic E-state index is 14.2. The minimum Gasteiger partial charge on any atom is -0.393 e. The van der Waals surface area contributed by atoms with Crippen LogP contribution < -0.4 is 5.32 Å². The lowest BCUT2D eigenvalue weighted by molar-refractivity contribution is -0.0762. The Balaban J connectivity index is 1.39. The molecule has 4 atom stereocenters. The van der Waals surface area contributed by atoms with E-state index in [4.69, 9.17) is 0 Å². The number of para-hydroxylation sites is 1. The van der Waals surface area contributed by atoms with Crippen LogP contribution in [0.25, 0.3) is 0 Å². The first kappa shape index (κ1) is 34.8.